The van der Waals surface area contributed by atoms with E-state index >= 15 is 0 Å². The highest BCUT2D eigenvalue weighted by Gasteiger charge is 2.50. The molecule has 3 rings (SSSR count). The van der Waals surface area contributed by atoms with Crippen LogP contribution in [0, 0.1) is 5.92 Å². The summed E-state index contributed by atoms with van der Waals surface area (Å²) in [6, 6.07) is -0.746. The van der Waals surface area contributed by atoms with Crippen molar-refractivity contribution in [2.75, 3.05) is 0 Å². The lowest BCUT2D eigenvalue weighted by atomic mass is 9.92. The number of pyridine rings is 1. The second-order valence-corrected chi connectivity index (χ2v) is 8.50. The summed E-state index contributed by atoms with van der Waals surface area (Å²) in [5.41, 5.74) is 5.10. The molecule has 36 heavy (non-hydrogen) atoms. The maximum atomic E-state index is 12.7. The maximum absolute atomic E-state index is 12.7. The Morgan fingerprint density at radius 1 is 1.25 bits per heavy atom. The molecule has 3 heterocycles. The van der Waals surface area contributed by atoms with Gasteiger partial charge in [-0.15, -0.1) is 0 Å². The number of carboxylic acid groups (broad SMARTS) is 1. The van der Waals surface area contributed by atoms with E-state index in [0.717, 1.165) is 17.0 Å². The summed E-state index contributed by atoms with van der Waals surface area (Å²) in [7, 11) is 0. The fourth-order valence-electron chi connectivity index (χ4n) is 3.78. The lowest BCUT2D eigenvalue weighted by Gasteiger charge is -2.28. The Hall–Kier alpha value is -3.63. The van der Waals surface area contributed by atoms with Crippen LogP contribution in [0.3, 0.4) is 0 Å². The van der Waals surface area contributed by atoms with Crippen molar-refractivity contribution < 1.29 is 44.7 Å². The van der Waals surface area contributed by atoms with Gasteiger partial charge in [0.1, 0.15) is 35.9 Å². The average molecular weight is 509 g/mol. The number of nitrogens with one attached hydrogen (secondary N) is 2. The number of aromatic hydroxyl groups is 1. The Bertz CT molecular complexity index is 1180. The van der Waals surface area contributed by atoms with Gasteiger partial charge in [0.25, 0.3) is 0 Å². The number of H-pyrrole nitrogens is 1. The van der Waals surface area contributed by atoms with E-state index < -0.39 is 72.0 Å². The van der Waals surface area contributed by atoms with Crippen molar-refractivity contribution in [3.8, 4) is 5.75 Å². The van der Waals surface area contributed by atoms with Crippen molar-refractivity contribution in [3.63, 3.8) is 0 Å². The molecule has 8 atom stereocenters. The first kappa shape index (κ1) is 27.0. The molecule has 196 valence electrons. The summed E-state index contributed by atoms with van der Waals surface area (Å²) >= 11 is 0. The first-order valence-corrected chi connectivity index (χ1v) is 10.8. The van der Waals surface area contributed by atoms with Crippen LogP contribution in [0.15, 0.2) is 29.3 Å². The fraction of sp³-hybridized carbons (Fsp3) is 0.476. The number of carbonyl (C=O) groups is 3. The Morgan fingerprint density at radius 3 is 2.44 bits per heavy atom. The third-order valence-electron chi connectivity index (χ3n) is 6.01. The zero-order valence-corrected chi connectivity index (χ0v) is 19.2. The molecule has 1 aliphatic heterocycles. The smallest absolute Gasteiger partial charge is 0.329 e. The molecular weight excluding hydrogens is 482 g/mol. The van der Waals surface area contributed by atoms with Gasteiger partial charge < -0.3 is 46.3 Å². The van der Waals surface area contributed by atoms with Gasteiger partial charge in [-0.3, -0.25) is 19.1 Å². The number of nitrogens with zero attached hydrogens (tertiary/aromatic N) is 2. The van der Waals surface area contributed by atoms with Crippen molar-refractivity contribution in [2.24, 2.45) is 11.7 Å². The number of ether oxygens (including phenoxy) is 1. The number of nitrogens with two attached hydrogens (primary N) is 1. The number of aliphatic carboxylic acids is 1. The van der Waals surface area contributed by atoms with Crippen LogP contribution in [-0.4, -0.2) is 88.1 Å². The number of carboxylic acids is 1. The average Bonchev–Trinajstić information content (AvgIpc) is 3.35. The molecule has 1 fully saturated rings. The topological polar surface area (TPSA) is 250 Å². The fourth-order valence-corrected chi connectivity index (χ4v) is 3.78. The highest BCUT2D eigenvalue weighted by Crippen LogP contribution is 2.31. The third kappa shape index (κ3) is 5.29. The Balaban J connectivity index is 1.76. The highest BCUT2D eigenvalue weighted by atomic mass is 16.6. The number of aromatic nitrogens is 3. The molecule has 0 radical (unpaired) electrons. The number of hydrogen-bond donors (Lipinski definition) is 8. The van der Waals surface area contributed by atoms with Crippen LogP contribution in [0.5, 0.6) is 5.75 Å². The summed E-state index contributed by atoms with van der Waals surface area (Å²) in [6.07, 6.45) is -6.09. The van der Waals surface area contributed by atoms with Gasteiger partial charge in [-0.05, 0) is 12.1 Å². The zero-order chi connectivity index (χ0) is 26.9. The zero-order valence-electron chi connectivity index (χ0n) is 19.2. The van der Waals surface area contributed by atoms with Gasteiger partial charge in [-0.2, -0.15) is 0 Å². The van der Waals surface area contributed by atoms with Crippen molar-refractivity contribution in [2.45, 2.75) is 56.6 Å². The molecule has 15 heteroatoms. The molecule has 0 aliphatic carbocycles. The Kier molecular flexibility index (Phi) is 7.90. The van der Waals surface area contributed by atoms with Crippen LogP contribution in [0.1, 0.15) is 42.4 Å². The normalized spacial score (nSPS) is 25.1. The standard InChI is InChI=1S/C21H27N5O10/c1-7(14(29)10-4-3-9(28)5-23-10)12(22)18(32)25-13(20(33)34)17-15(30)16(31)19(36-17)26-6-11(8(2)27)24-21(26)35/h3-7,12-17,19,28-31H,22H2,1-2H3,(H,24,35)(H,25,32)(H,33,34)/t7-,12-,13-,14-,15-,16+,17+,19+/m0/s1. The van der Waals surface area contributed by atoms with E-state index in [9.17, 15) is 44.7 Å². The van der Waals surface area contributed by atoms with Gasteiger partial charge in [0.05, 0.1) is 17.9 Å². The summed E-state index contributed by atoms with van der Waals surface area (Å²) in [4.78, 5) is 54.5. The number of amides is 1. The van der Waals surface area contributed by atoms with Crippen LogP contribution in [0.25, 0.3) is 0 Å². The summed E-state index contributed by atoms with van der Waals surface area (Å²) in [5, 5.41) is 52.5. The molecule has 2 aromatic heterocycles. The van der Waals surface area contributed by atoms with Crippen LogP contribution < -0.4 is 16.7 Å². The number of aliphatic hydroxyl groups is 3. The number of rotatable bonds is 9. The lowest BCUT2D eigenvalue weighted by molar-refractivity contribution is -0.149. The minimum atomic E-state index is -1.91. The minimum Gasteiger partial charge on any atom is -0.506 e. The molecule has 0 spiro atoms. The molecular formula is C21H27N5O10. The van der Waals surface area contributed by atoms with Crippen molar-refractivity contribution >= 4 is 17.7 Å². The molecule has 2 aromatic rings. The van der Waals surface area contributed by atoms with Crippen LogP contribution >= 0.6 is 0 Å². The predicted octanol–water partition coefficient (Wildman–Crippen LogP) is -2.63. The molecule has 0 saturated carbocycles. The third-order valence-corrected chi connectivity index (χ3v) is 6.01. The lowest BCUT2D eigenvalue weighted by Crippen LogP contribution is -2.57. The molecule has 9 N–H and O–H groups in total. The molecule has 1 amide bonds. The number of aromatic amines is 1. The largest absolute Gasteiger partial charge is 0.506 e. The number of hydrogen-bond acceptors (Lipinski definition) is 11. The molecule has 1 saturated heterocycles. The van der Waals surface area contributed by atoms with Gasteiger partial charge in [0.15, 0.2) is 18.1 Å². The van der Waals surface area contributed by atoms with Gasteiger partial charge in [-0.25, -0.2) is 9.59 Å². The summed E-state index contributed by atoms with van der Waals surface area (Å²) < 4.78 is 6.24. The van der Waals surface area contributed by atoms with E-state index in [4.69, 9.17) is 10.5 Å². The molecule has 0 unspecified atom stereocenters. The van der Waals surface area contributed by atoms with E-state index in [1.165, 1.54) is 26.0 Å². The van der Waals surface area contributed by atoms with E-state index in [0.29, 0.717) is 0 Å². The monoisotopic (exact) mass is 509 g/mol. The van der Waals surface area contributed by atoms with Crippen LogP contribution in [-0.2, 0) is 14.3 Å². The summed E-state index contributed by atoms with van der Waals surface area (Å²) in [5.74, 6) is -4.24. The number of aliphatic hydroxyl groups excluding tert-OH is 3. The summed E-state index contributed by atoms with van der Waals surface area (Å²) in [6.45, 7) is 2.61. The number of imidazole rings is 1. The van der Waals surface area contributed by atoms with Crippen molar-refractivity contribution in [1.29, 1.82) is 0 Å². The van der Waals surface area contributed by atoms with Gasteiger partial charge >= 0.3 is 11.7 Å². The van der Waals surface area contributed by atoms with Crippen LogP contribution in [0.4, 0.5) is 0 Å². The molecule has 15 nitrogen and oxygen atoms in total. The van der Waals surface area contributed by atoms with Gasteiger partial charge in [0.2, 0.25) is 5.91 Å². The number of carbonyl (C=O) groups excluding carboxylic acids is 2. The minimum absolute atomic E-state index is 0.0986. The predicted molar refractivity (Wildman–Crippen MR) is 119 cm³/mol. The van der Waals surface area contributed by atoms with E-state index in [1.54, 1.807) is 0 Å². The second-order valence-electron chi connectivity index (χ2n) is 8.50. The highest BCUT2D eigenvalue weighted by molar-refractivity contribution is 5.91. The van der Waals surface area contributed by atoms with E-state index in [-0.39, 0.29) is 17.1 Å². The van der Waals surface area contributed by atoms with Gasteiger partial charge in [0, 0.05) is 19.0 Å². The first-order chi connectivity index (χ1) is 16.8. The van der Waals surface area contributed by atoms with E-state index in [2.05, 4.69) is 15.3 Å². The van der Waals surface area contributed by atoms with Crippen LogP contribution in [0.2, 0.25) is 0 Å². The van der Waals surface area contributed by atoms with E-state index in [1.807, 2.05) is 0 Å². The Labute approximate surface area is 203 Å². The van der Waals surface area contributed by atoms with Crippen molar-refractivity contribution in [3.05, 3.63) is 46.4 Å². The number of Topliss-reactive ketones (excluding diaryl/α,β-unsaturated/α-hetero) is 1. The second kappa shape index (κ2) is 10.5. The molecule has 0 aromatic carbocycles. The van der Waals surface area contributed by atoms with Crippen molar-refractivity contribution in [1.82, 2.24) is 19.9 Å². The first-order valence-electron chi connectivity index (χ1n) is 10.8. The SMILES string of the molecule is CC(=O)c1cn([C@@H]2O[C@H]([C@H](NC(=O)[C@@H](N)[C@H](C)[C@H](O)c3ccc(O)cn3)C(=O)O)[C@@H](O)[C@H]2O)c(=O)[nH]1. The number of ketones is 1. The molecule has 1 aliphatic rings. The molecule has 0 bridgehead atoms. The van der Waals surface area contributed by atoms with Gasteiger partial charge in [-0.1, -0.05) is 6.92 Å². The quantitative estimate of drug-likeness (QED) is 0.162. The Morgan fingerprint density at radius 2 is 1.92 bits per heavy atom. The maximum Gasteiger partial charge on any atom is 0.329 e.